The second-order valence-corrected chi connectivity index (χ2v) is 14.7. The summed E-state index contributed by atoms with van der Waals surface area (Å²) < 4.78 is 5.05. The first-order valence-corrected chi connectivity index (χ1v) is 18.5. The molecule has 0 unspecified atom stereocenters. The van der Waals surface area contributed by atoms with Gasteiger partial charge in [-0.1, -0.05) is 146 Å². The fourth-order valence-corrected chi connectivity index (χ4v) is 10.00. The molecule has 12 rings (SSSR count). The van der Waals surface area contributed by atoms with Crippen LogP contribution in [0.1, 0.15) is 0 Å². The molecule has 9 aromatic carbocycles. The van der Waals surface area contributed by atoms with Gasteiger partial charge >= 0.3 is 0 Å². The Kier molecular flexibility index (Phi) is 5.65. The van der Waals surface area contributed by atoms with Gasteiger partial charge in [-0.15, -0.1) is 11.3 Å². The Balaban J connectivity index is 1.31. The lowest BCUT2D eigenvalue weighted by molar-refractivity contribution is 1.09. The Morgan fingerprint density at radius 1 is 0.423 bits per heavy atom. The summed E-state index contributed by atoms with van der Waals surface area (Å²) in [5, 5.41) is 14.8. The summed E-state index contributed by atoms with van der Waals surface area (Å²) in [5.41, 5.74) is 5.98. The van der Waals surface area contributed by atoms with Gasteiger partial charge in [0.25, 0.3) is 0 Å². The van der Waals surface area contributed by atoms with Crippen LogP contribution in [0.5, 0.6) is 0 Å². The van der Waals surface area contributed by atoms with E-state index in [4.69, 9.17) is 9.97 Å². The van der Waals surface area contributed by atoms with Crippen LogP contribution in [0.15, 0.2) is 164 Å². The summed E-state index contributed by atoms with van der Waals surface area (Å²) in [7, 11) is 0. The van der Waals surface area contributed by atoms with Gasteiger partial charge in [-0.3, -0.25) is 4.57 Å². The topological polar surface area (TPSA) is 30.7 Å². The molecular weight excluding hydrogens is 651 g/mol. The van der Waals surface area contributed by atoms with Crippen LogP contribution < -0.4 is 0 Å². The molecule has 0 aliphatic heterocycles. The predicted molar refractivity (Wildman–Crippen MR) is 222 cm³/mol. The monoisotopic (exact) mass is 677 g/mol. The van der Waals surface area contributed by atoms with Gasteiger partial charge < -0.3 is 0 Å². The van der Waals surface area contributed by atoms with Gasteiger partial charge in [0.1, 0.15) is 5.69 Å². The molecular formula is C48H27N3S. The van der Waals surface area contributed by atoms with Crippen LogP contribution >= 0.6 is 11.3 Å². The van der Waals surface area contributed by atoms with Crippen LogP contribution in [0.25, 0.3) is 113 Å². The van der Waals surface area contributed by atoms with Crippen LogP contribution in [0, 0.1) is 0 Å². The van der Waals surface area contributed by atoms with Gasteiger partial charge in [0.05, 0.1) is 22.1 Å². The first kappa shape index (κ1) is 28.1. The third kappa shape index (κ3) is 3.79. The first-order chi connectivity index (χ1) is 25.8. The molecule has 3 nitrogen and oxygen atoms in total. The highest BCUT2D eigenvalue weighted by Crippen LogP contribution is 2.49. The van der Waals surface area contributed by atoms with E-state index in [-0.39, 0.29) is 0 Å². The van der Waals surface area contributed by atoms with Gasteiger partial charge in [-0.25, -0.2) is 9.97 Å². The molecule has 0 radical (unpaired) electrons. The van der Waals surface area contributed by atoms with Crippen molar-refractivity contribution in [2.75, 3.05) is 0 Å². The molecule has 0 saturated heterocycles. The number of fused-ring (bicyclic) bond motifs is 16. The van der Waals surface area contributed by atoms with Gasteiger partial charge in [-0.05, 0) is 50.5 Å². The van der Waals surface area contributed by atoms with Gasteiger partial charge in [0.15, 0.2) is 5.82 Å². The molecule has 3 aromatic heterocycles. The largest absolute Gasteiger partial charge is 0.291 e. The Labute approximate surface area is 301 Å². The van der Waals surface area contributed by atoms with Crippen LogP contribution in [0.4, 0.5) is 0 Å². The van der Waals surface area contributed by atoms with E-state index in [0.29, 0.717) is 0 Å². The van der Waals surface area contributed by atoms with E-state index in [0.717, 1.165) is 49.9 Å². The fraction of sp³-hybridized carbons (Fsp3) is 0. The highest BCUT2D eigenvalue weighted by atomic mass is 32.1. The van der Waals surface area contributed by atoms with Gasteiger partial charge in [0.2, 0.25) is 0 Å². The summed E-state index contributed by atoms with van der Waals surface area (Å²) >= 11 is 1.92. The zero-order valence-electron chi connectivity index (χ0n) is 27.8. The number of aromatic nitrogens is 3. The van der Waals surface area contributed by atoms with Crippen molar-refractivity contribution >= 4 is 107 Å². The fourth-order valence-electron chi connectivity index (χ4n) is 8.59. The molecule has 240 valence electrons. The van der Waals surface area contributed by atoms with Crippen molar-refractivity contribution in [2.45, 2.75) is 0 Å². The Morgan fingerprint density at radius 2 is 1.06 bits per heavy atom. The number of hydrogen-bond donors (Lipinski definition) is 0. The SMILES string of the molecule is c1ccc2cc(-c3nc4ccc5ccccc5c4nc3-n3c4ccccc4c4c5sc6c7ccccc7ccc6c5c5ccccc5c43)ccc2c1. The molecule has 0 fully saturated rings. The number of benzene rings is 9. The highest BCUT2D eigenvalue weighted by Gasteiger charge is 2.25. The molecule has 4 heteroatoms. The third-order valence-corrected chi connectivity index (χ3v) is 12.2. The van der Waals surface area contributed by atoms with Crippen LogP contribution in [-0.4, -0.2) is 14.5 Å². The molecule has 52 heavy (non-hydrogen) atoms. The van der Waals surface area contributed by atoms with Crippen molar-refractivity contribution in [3.63, 3.8) is 0 Å². The van der Waals surface area contributed by atoms with Crippen molar-refractivity contribution in [2.24, 2.45) is 0 Å². The molecule has 0 saturated carbocycles. The molecule has 0 amide bonds. The number of para-hydroxylation sites is 1. The molecule has 0 N–H and O–H groups in total. The summed E-state index contributed by atoms with van der Waals surface area (Å²) in [6, 6.07) is 59.1. The molecule has 0 atom stereocenters. The van der Waals surface area contributed by atoms with Gasteiger partial charge in [-0.2, -0.15) is 0 Å². The summed E-state index contributed by atoms with van der Waals surface area (Å²) in [6.45, 7) is 0. The number of nitrogens with zero attached hydrogens (tertiary/aromatic N) is 3. The van der Waals surface area contributed by atoms with E-state index < -0.39 is 0 Å². The molecule has 0 aliphatic carbocycles. The zero-order valence-corrected chi connectivity index (χ0v) is 28.7. The number of rotatable bonds is 2. The molecule has 0 bridgehead atoms. The minimum Gasteiger partial charge on any atom is -0.291 e. The second kappa shape index (κ2) is 10.5. The van der Waals surface area contributed by atoms with E-state index in [1.807, 2.05) is 11.3 Å². The second-order valence-electron chi connectivity index (χ2n) is 13.7. The van der Waals surface area contributed by atoms with Crippen LogP contribution in [-0.2, 0) is 0 Å². The van der Waals surface area contributed by atoms with Gasteiger partial charge in [0, 0.05) is 47.3 Å². The maximum atomic E-state index is 5.68. The average molecular weight is 678 g/mol. The Morgan fingerprint density at radius 3 is 1.90 bits per heavy atom. The van der Waals surface area contributed by atoms with E-state index in [1.54, 1.807) is 0 Å². The zero-order chi connectivity index (χ0) is 33.9. The van der Waals surface area contributed by atoms with Crippen molar-refractivity contribution < 1.29 is 0 Å². The number of hydrogen-bond acceptors (Lipinski definition) is 3. The Bertz CT molecular complexity index is 3480. The minimum absolute atomic E-state index is 0.835. The van der Waals surface area contributed by atoms with E-state index in [9.17, 15) is 0 Å². The molecule has 12 aromatic rings. The summed E-state index contributed by atoms with van der Waals surface area (Å²) in [5.74, 6) is 0.835. The average Bonchev–Trinajstić information content (AvgIpc) is 3.77. The van der Waals surface area contributed by atoms with E-state index in [1.165, 1.54) is 63.3 Å². The lowest BCUT2D eigenvalue weighted by atomic mass is 9.98. The van der Waals surface area contributed by atoms with Crippen molar-refractivity contribution in [3.05, 3.63) is 164 Å². The third-order valence-electron chi connectivity index (χ3n) is 10.9. The highest BCUT2D eigenvalue weighted by molar-refractivity contribution is 7.28. The van der Waals surface area contributed by atoms with Crippen molar-refractivity contribution in [1.82, 2.24) is 14.5 Å². The quantitative estimate of drug-likeness (QED) is 0.171. The number of thiophene rings is 1. The first-order valence-electron chi connectivity index (χ1n) is 17.7. The van der Waals surface area contributed by atoms with Crippen molar-refractivity contribution in [1.29, 1.82) is 0 Å². The maximum absolute atomic E-state index is 5.68. The van der Waals surface area contributed by atoms with E-state index in [2.05, 4.69) is 168 Å². The van der Waals surface area contributed by atoms with Crippen molar-refractivity contribution in [3.8, 4) is 17.1 Å². The summed E-state index contributed by atoms with van der Waals surface area (Å²) in [6.07, 6.45) is 0. The minimum atomic E-state index is 0.835. The Hall–Kier alpha value is -6.62. The van der Waals surface area contributed by atoms with E-state index >= 15 is 0 Å². The smallest absolute Gasteiger partial charge is 0.165 e. The summed E-state index contributed by atoms with van der Waals surface area (Å²) in [4.78, 5) is 11.2. The predicted octanol–water partition coefficient (Wildman–Crippen LogP) is 13.4. The lowest BCUT2D eigenvalue weighted by Gasteiger charge is -2.16. The lowest BCUT2D eigenvalue weighted by Crippen LogP contribution is -2.04. The standard InChI is InChI=1S/C48H27N3S/c1-2-14-31-27-32(22-21-28(31)11-1)43-48(50-44-33-15-5-3-12-29(33)24-26-39(44)49-43)51-40-20-10-9-19-37(40)42-45(51)36-18-8-7-17-35(36)41-38-25-23-30-13-4-6-16-34(30)46(38)52-47(41)42/h1-27H. The molecule has 0 spiro atoms. The normalized spacial score (nSPS) is 12.2. The van der Waals surface area contributed by atoms with Crippen LogP contribution in [0.3, 0.4) is 0 Å². The molecule has 0 aliphatic rings. The maximum Gasteiger partial charge on any atom is 0.165 e. The molecule has 3 heterocycles. The van der Waals surface area contributed by atoms with Crippen LogP contribution in [0.2, 0.25) is 0 Å².